The Morgan fingerprint density at radius 1 is 0.833 bits per heavy atom. The molecule has 0 aromatic carbocycles. The first-order valence-corrected chi connectivity index (χ1v) is 3.68. The van der Waals surface area contributed by atoms with Gasteiger partial charge in [-0.1, -0.05) is 0 Å². The third-order valence-electron chi connectivity index (χ3n) is 0.0956. The number of aliphatic carboxylic acids is 4. The molecule has 0 saturated carbocycles. The average Bonchev–Trinajstić information content (AvgIpc) is 2.00. The maximum atomic E-state index is 9.01. The van der Waals surface area contributed by atoms with Crippen LogP contribution in [0.5, 0.6) is 0 Å². The molecule has 0 aliphatic carbocycles. The Morgan fingerprint density at radius 3 is 0.889 bits per heavy atom. The van der Waals surface area contributed by atoms with Crippen molar-refractivity contribution >= 4 is 23.9 Å². The zero-order chi connectivity index (χ0) is 15.0. The molecule has 0 radical (unpaired) electrons. The average molecular weight is 275 g/mol. The SMILES string of the molecule is CC(=O)O.CC(=O)O.CC(=O)O.N#CC(=O)O.[H-].[Na+]. The van der Waals surface area contributed by atoms with Gasteiger partial charge < -0.3 is 21.9 Å². The number of hydrogen-bond acceptors (Lipinski definition) is 5. The van der Waals surface area contributed by atoms with Crippen LogP contribution >= 0.6 is 0 Å². The van der Waals surface area contributed by atoms with Gasteiger partial charge in [0.1, 0.15) is 0 Å². The van der Waals surface area contributed by atoms with E-state index in [0.717, 1.165) is 26.8 Å². The summed E-state index contributed by atoms with van der Waals surface area (Å²) in [6.07, 6.45) is 0. The van der Waals surface area contributed by atoms with E-state index in [4.69, 9.17) is 44.9 Å². The summed E-state index contributed by atoms with van der Waals surface area (Å²) in [7, 11) is 0. The summed E-state index contributed by atoms with van der Waals surface area (Å²) in [5, 5.41) is 36.9. The van der Waals surface area contributed by atoms with E-state index in [1.165, 1.54) is 0 Å². The van der Waals surface area contributed by atoms with Crippen LogP contribution in [0.4, 0.5) is 0 Å². The second-order valence-electron chi connectivity index (χ2n) is 1.97. The molecule has 10 heteroatoms. The molecule has 0 fully saturated rings. The third kappa shape index (κ3) is 18800. The Balaban J connectivity index is -0.0000000288. The van der Waals surface area contributed by atoms with Gasteiger partial charge in [-0.05, 0) is 0 Å². The normalized spacial score (nSPS) is 5.67. The monoisotopic (exact) mass is 275 g/mol. The van der Waals surface area contributed by atoms with Crippen molar-refractivity contribution in [2.24, 2.45) is 0 Å². The molecule has 0 aromatic heterocycles. The Kier molecular flexibility index (Phi) is 40.8. The minimum atomic E-state index is -1.44. The second-order valence-corrected chi connectivity index (χ2v) is 1.97. The number of rotatable bonds is 0. The molecule has 4 N–H and O–H groups in total. The molecule has 0 rings (SSSR count). The van der Waals surface area contributed by atoms with Crippen LogP contribution in [0.3, 0.4) is 0 Å². The van der Waals surface area contributed by atoms with E-state index in [1.54, 1.807) is 0 Å². The fourth-order valence-electron chi connectivity index (χ4n) is 0. The van der Waals surface area contributed by atoms with Gasteiger partial charge in [0.15, 0.2) is 6.07 Å². The van der Waals surface area contributed by atoms with Crippen molar-refractivity contribution in [1.29, 1.82) is 5.26 Å². The van der Waals surface area contributed by atoms with Crippen molar-refractivity contribution in [2.75, 3.05) is 0 Å². The first-order valence-electron chi connectivity index (χ1n) is 3.68. The van der Waals surface area contributed by atoms with Crippen LogP contribution in [0.1, 0.15) is 22.2 Å². The van der Waals surface area contributed by atoms with Gasteiger partial charge in [0.05, 0.1) is 0 Å². The molecule has 0 saturated heterocycles. The molecule has 0 aliphatic rings. The summed E-state index contributed by atoms with van der Waals surface area (Å²) < 4.78 is 0. The quantitative estimate of drug-likeness (QED) is 0.204. The molecule has 9 nitrogen and oxygen atoms in total. The molecular weight excluding hydrogens is 261 g/mol. The van der Waals surface area contributed by atoms with E-state index in [1.807, 2.05) is 0 Å². The largest absolute Gasteiger partial charge is 1.00 e. The van der Waals surface area contributed by atoms with E-state index >= 15 is 0 Å². The van der Waals surface area contributed by atoms with Gasteiger partial charge in [0.25, 0.3) is 17.9 Å². The molecule has 100 valence electrons. The molecule has 0 atom stereocenters. The fourth-order valence-corrected chi connectivity index (χ4v) is 0. The van der Waals surface area contributed by atoms with E-state index in [0.29, 0.717) is 0 Å². The minimum Gasteiger partial charge on any atom is -1.00 e. The first kappa shape index (κ1) is 29.9. The minimum absolute atomic E-state index is 0. The number of carboxylic acids is 4. The van der Waals surface area contributed by atoms with Crippen LogP contribution in [-0.2, 0) is 19.2 Å². The van der Waals surface area contributed by atoms with Gasteiger partial charge in [0, 0.05) is 20.8 Å². The van der Waals surface area contributed by atoms with E-state index in [2.05, 4.69) is 0 Å². The van der Waals surface area contributed by atoms with Crippen molar-refractivity contribution in [3.63, 3.8) is 0 Å². The summed E-state index contributed by atoms with van der Waals surface area (Å²) in [5.74, 6) is -3.94. The van der Waals surface area contributed by atoms with Gasteiger partial charge >= 0.3 is 35.5 Å². The van der Waals surface area contributed by atoms with Crippen molar-refractivity contribution in [3.8, 4) is 6.07 Å². The summed E-state index contributed by atoms with van der Waals surface area (Å²) in [6.45, 7) is 3.25. The molecule has 0 unspecified atom stereocenters. The molecule has 0 amide bonds. The van der Waals surface area contributed by atoms with Crippen LogP contribution in [-0.4, -0.2) is 44.3 Å². The molecule has 0 aromatic rings. The molecule has 0 aliphatic heterocycles. The Bertz CT molecular complexity index is 261. The molecule has 0 heterocycles. The van der Waals surface area contributed by atoms with Crippen molar-refractivity contribution in [1.82, 2.24) is 0 Å². The van der Waals surface area contributed by atoms with Crippen molar-refractivity contribution in [3.05, 3.63) is 0 Å². The predicted molar refractivity (Wildman–Crippen MR) is 54.3 cm³/mol. The van der Waals surface area contributed by atoms with Gasteiger partial charge in [-0.2, -0.15) is 5.26 Å². The zero-order valence-electron chi connectivity index (χ0n) is 11.4. The Morgan fingerprint density at radius 2 is 0.889 bits per heavy atom. The number of carbonyl (C=O) groups is 4. The predicted octanol–water partition coefficient (Wildman–Crippen LogP) is -3.02. The van der Waals surface area contributed by atoms with Gasteiger partial charge in [-0.15, -0.1) is 0 Å². The van der Waals surface area contributed by atoms with Crippen LogP contribution in [0.25, 0.3) is 0 Å². The summed E-state index contributed by atoms with van der Waals surface area (Å²) in [4.78, 5) is 36.0. The van der Waals surface area contributed by atoms with E-state index in [-0.39, 0.29) is 31.0 Å². The van der Waals surface area contributed by atoms with Gasteiger partial charge in [0.2, 0.25) is 0 Å². The maximum Gasteiger partial charge on any atom is 1.00 e. The third-order valence-corrected chi connectivity index (χ3v) is 0.0956. The smallest absolute Gasteiger partial charge is 1.00 e. The molecule has 18 heavy (non-hydrogen) atoms. The van der Waals surface area contributed by atoms with Crippen LogP contribution < -0.4 is 29.6 Å². The standard InChI is InChI=1S/C2HNO2.3C2H4O2.Na.H/c3-1-2(4)5;3*1-2(3)4;;/h(H,4,5);3*1H3,(H,3,4);;/q;;;;+1;-1. The number of nitriles is 1. The van der Waals surface area contributed by atoms with Gasteiger partial charge in [-0.25, -0.2) is 4.79 Å². The fraction of sp³-hybridized carbons (Fsp3) is 0.375. The van der Waals surface area contributed by atoms with Crippen LogP contribution in [0.2, 0.25) is 0 Å². The summed E-state index contributed by atoms with van der Waals surface area (Å²) in [5.41, 5.74) is 0. The van der Waals surface area contributed by atoms with E-state index < -0.39 is 23.9 Å². The zero-order valence-corrected chi connectivity index (χ0v) is 12.4. The van der Waals surface area contributed by atoms with Crippen molar-refractivity contribution < 1.29 is 70.6 Å². The number of nitrogens with zero attached hydrogens (tertiary/aromatic N) is 1. The molecular formula is C8H14NNaO8. The molecule has 0 bridgehead atoms. The Hall–Kier alpha value is -1.63. The van der Waals surface area contributed by atoms with Crippen LogP contribution in [0.15, 0.2) is 0 Å². The van der Waals surface area contributed by atoms with E-state index in [9.17, 15) is 0 Å². The van der Waals surface area contributed by atoms with Crippen LogP contribution in [0, 0.1) is 11.3 Å². The topological polar surface area (TPSA) is 173 Å². The summed E-state index contributed by atoms with van der Waals surface area (Å²) in [6, 6.07) is 0.944. The number of hydrogen-bond donors (Lipinski definition) is 4. The number of carboxylic acid groups (broad SMARTS) is 4. The Labute approximate surface area is 126 Å². The first-order chi connectivity index (χ1) is 7.47. The van der Waals surface area contributed by atoms with Crippen molar-refractivity contribution in [2.45, 2.75) is 20.8 Å². The summed E-state index contributed by atoms with van der Waals surface area (Å²) >= 11 is 0. The second kappa shape index (κ2) is 24.6. The molecule has 0 spiro atoms. The van der Waals surface area contributed by atoms with Gasteiger partial charge in [-0.3, -0.25) is 14.4 Å². The maximum absolute atomic E-state index is 9.01.